The number of aromatic nitrogens is 1. The number of nitrogens with zero attached hydrogens (tertiary/aromatic N) is 1. The summed E-state index contributed by atoms with van der Waals surface area (Å²) in [6, 6.07) is 15.1. The molecule has 4 rings (SSSR count). The first kappa shape index (κ1) is 15.2. The molecule has 0 radical (unpaired) electrons. The summed E-state index contributed by atoms with van der Waals surface area (Å²) >= 11 is 7.30. The lowest BCUT2D eigenvalue weighted by Crippen LogP contribution is -2.22. The minimum Gasteiger partial charge on any atom is -0.492 e. The van der Waals surface area contributed by atoms with Crippen molar-refractivity contribution in [2.24, 2.45) is 0 Å². The zero-order valence-electron chi connectivity index (χ0n) is 12.5. The summed E-state index contributed by atoms with van der Waals surface area (Å²) in [5.41, 5.74) is 2.70. The Morgan fingerprint density at radius 3 is 2.83 bits per heavy atom. The van der Waals surface area contributed by atoms with Gasteiger partial charge in [0.05, 0.1) is 5.69 Å². The van der Waals surface area contributed by atoms with Crippen molar-refractivity contribution in [1.82, 2.24) is 4.98 Å². The van der Waals surface area contributed by atoms with E-state index in [9.17, 15) is 4.79 Å². The Balaban J connectivity index is 1.50. The Kier molecular flexibility index (Phi) is 3.96. The van der Waals surface area contributed by atoms with Crippen LogP contribution in [0.4, 0.5) is 5.13 Å². The molecular formula is C18H13ClN2O2S. The zero-order valence-corrected chi connectivity index (χ0v) is 14.1. The molecule has 3 aromatic rings. The Morgan fingerprint density at radius 1 is 1.21 bits per heavy atom. The lowest BCUT2D eigenvalue weighted by atomic mass is 10.0. The number of hydrogen-bond donors (Lipinski definition) is 1. The third-order valence-corrected chi connectivity index (χ3v) is 4.90. The third-order valence-electron chi connectivity index (χ3n) is 3.89. The van der Waals surface area contributed by atoms with Crippen LogP contribution in [0.3, 0.4) is 0 Å². The van der Waals surface area contributed by atoms with Gasteiger partial charge in [0.1, 0.15) is 18.3 Å². The molecule has 1 N–H and O–H groups in total. The quantitative estimate of drug-likeness (QED) is 0.747. The second kappa shape index (κ2) is 6.26. The first-order valence-electron chi connectivity index (χ1n) is 7.45. The molecule has 4 nitrogen and oxygen atoms in total. The molecule has 0 fully saturated rings. The van der Waals surface area contributed by atoms with Crippen LogP contribution in [0.5, 0.6) is 5.75 Å². The smallest absolute Gasteiger partial charge is 0.237 e. The van der Waals surface area contributed by atoms with Crippen molar-refractivity contribution in [2.75, 3.05) is 11.9 Å². The van der Waals surface area contributed by atoms with Crippen LogP contribution in [-0.4, -0.2) is 17.5 Å². The van der Waals surface area contributed by atoms with Gasteiger partial charge in [-0.1, -0.05) is 41.9 Å². The number of nitrogens with one attached hydrogen (secondary N) is 1. The van der Waals surface area contributed by atoms with Crippen LogP contribution in [0.25, 0.3) is 11.3 Å². The summed E-state index contributed by atoms with van der Waals surface area (Å²) in [6.45, 7) is 0.362. The Labute approximate surface area is 148 Å². The van der Waals surface area contributed by atoms with E-state index in [-0.39, 0.29) is 11.8 Å². The lowest BCUT2D eigenvalue weighted by Gasteiger charge is -2.07. The van der Waals surface area contributed by atoms with Gasteiger partial charge in [-0.15, -0.1) is 11.3 Å². The Hall–Kier alpha value is -2.37. The van der Waals surface area contributed by atoms with Crippen molar-refractivity contribution in [2.45, 2.75) is 5.92 Å². The zero-order chi connectivity index (χ0) is 16.5. The summed E-state index contributed by atoms with van der Waals surface area (Å²) in [5, 5.41) is 6.06. The fourth-order valence-electron chi connectivity index (χ4n) is 2.66. The highest BCUT2D eigenvalue weighted by Gasteiger charge is 2.30. The van der Waals surface area contributed by atoms with Gasteiger partial charge in [-0.3, -0.25) is 4.79 Å². The van der Waals surface area contributed by atoms with Crippen molar-refractivity contribution in [3.05, 3.63) is 64.5 Å². The molecule has 6 heteroatoms. The number of ether oxygens (including phenoxy) is 1. The van der Waals surface area contributed by atoms with Gasteiger partial charge in [-0.2, -0.15) is 0 Å². The van der Waals surface area contributed by atoms with Gasteiger partial charge in [0, 0.05) is 21.5 Å². The maximum absolute atomic E-state index is 12.5. The second-order valence-corrected chi connectivity index (χ2v) is 6.73. The van der Waals surface area contributed by atoms with Gasteiger partial charge in [0.15, 0.2) is 5.13 Å². The molecule has 120 valence electrons. The van der Waals surface area contributed by atoms with Crippen LogP contribution in [0.1, 0.15) is 11.5 Å². The number of benzene rings is 2. The van der Waals surface area contributed by atoms with E-state index in [1.165, 1.54) is 11.3 Å². The number of para-hydroxylation sites is 1. The van der Waals surface area contributed by atoms with E-state index < -0.39 is 0 Å². The van der Waals surface area contributed by atoms with E-state index in [1.807, 2.05) is 53.9 Å². The number of carbonyl (C=O) groups is 1. The molecule has 1 unspecified atom stereocenters. The van der Waals surface area contributed by atoms with Gasteiger partial charge < -0.3 is 10.1 Å². The lowest BCUT2D eigenvalue weighted by molar-refractivity contribution is -0.117. The predicted octanol–water partition coefficient (Wildman–Crippen LogP) is 4.58. The molecule has 1 atom stereocenters. The normalized spacial score (nSPS) is 15.6. The summed E-state index contributed by atoms with van der Waals surface area (Å²) in [6.07, 6.45) is 0. The molecule has 1 amide bonds. The van der Waals surface area contributed by atoms with E-state index >= 15 is 0 Å². The monoisotopic (exact) mass is 356 g/mol. The fraction of sp³-hybridized carbons (Fsp3) is 0.111. The molecule has 0 saturated heterocycles. The molecule has 2 heterocycles. The minimum atomic E-state index is -0.302. The highest BCUT2D eigenvalue weighted by Crippen LogP contribution is 2.34. The molecule has 1 aliphatic rings. The maximum atomic E-state index is 12.5. The van der Waals surface area contributed by atoms with Crippen molar-refractivity contribution in [1.29, 1.82) is 0 Å². The largest absolute Gasteiger partial charge is 0.492 e. The van der Waals surface area contributed by atoms with Crippen LogP contribution in [-0.2, 0) is 4.79 Å². The molecule has 0 aliphatic carbocycles. The van der Waals surface area contributed by atoms with Crippen molar-refractivity contribution >= 4 is 34.0 Å². The van der Waals surface area contributed by atoms with E-state index in [0.717, 1.165) is 22.6 Å². The topological polar surface area (TPSA) is 51.2 Å². The molecule has 0 spiro atoms. The number of thiazole rings is 1. The van der Waals surface area contributed by atoms with Gasteiger partial charge >= 0.3 is 0 Å². The van der Waals surface area contributed by atoms with Crippen LogP contribution in [0.2, 0.25) is 5.02 Å². The van der Waals surface area contributed by atoms with E-state index in [2.05, 4.69) is 10.3 Å². The summed E-state index contributed by atoms with van der Waals surface area (Å²) in [5.74, 6) is 0.375. The number of rotatable bonds is 3. The number of fused-ring (bicyclic) bond motifs is 1. The molecule has 0 saturated carbocycles. The maximum Gasteiger partial charge on any atom is 0.237 e. The summed E-state index contributed by atoms with van der Waals surface area (Å²) in [7, 11) is 0. The third kappa shape index (κ3) is 2.88. The highest BCUT2D eigenvalue weighted by atomic mass is 35.5. The first-order chi connectivity index (χ1) is 11.7. The predicted molar refractivity (Wildman–Crippen MR) is 95.9 cm³/mol. The van der Waals surface area contributed by atoms with Crippen LogP contribution < -0.4 is 10.1 Å². The highest BCUT2D eigenvalue weighted by molar-refractivity contribution is 7.14. The summed E-state index contributed by atoms with van der Waals surface area (Å²) < 4.78 is 5.57. The van der Waals surface area contributed by atoms with Crippen LogP contribution >= 0.6 is 22.9 Å². The number of halogens is 1. The number of carbonyl (C=O) groups excluding carboxylic acids is 1. The van der Waals surface area contributed by atoms with Crippen molar-refractivity contribution in [3.63, 3.8) is 0 Å². The Morgan fingerprint density at radius 2 is 2.00 bits per heavy atom. The second-order valence-electron chi connectivity index (χ2n) is 5.44. The molecular weight excluding hydrogens is 344 g/mol. The molecule has 1 aliphatic heterocycles. The van der Waals surface area contributed by atoms with Gasteiger partial charge in [0.25, 0.3) is 0 Å². The van der Waals surface area contributed by atoms with E-state index in [0.29, 0.717) is 16.8 Å². The standard InChI is InChI=1S/C18H13ClN2O2S/c19-12-7-5-11(6-8-12)15-10-24-18(20-15)21-17(22)14-9-23-16-4-2-1-3-13(14)16/h1-8,10,14H,9H2,(H,20,21,22). The van der Waals surface area contributed by atoms with Gasteiger partial charge in [-0.25, -0.2) is 4.98 Å². The van der Waals surface area contributed by atoms with E-state index in [1.54, 1.807) is 0 Å². The fourth-order valence-corrected chi connectivity index (χ4v) is 3.51. The molecule has 2 aromatic carbocycles. The van der Waals surface area contributed by atoms with Gasteiger partial charge in [0.2, 0.25) is 5.91 Å². The SMILES string of the molecule is O=C(Nc1nc(-c2ccc(Cl)cc2)cs1)C1COc2ccccc21. The number of hydrogen-bond acceptors (Lipinski definition) is 4. The average molecular weight is 357 g/mol. The molecule has 0 bridgehead atoms. The Bertz CT molecular complexity index is 892. The van der Waals surface area contributed by atoms with Crippen molar-refractivity contribution < 1.29 is 9.53 Å². The van der Waals surface area contributed by atoms with Crippen LogP contribution in [0, 0.1) is 0 Å². The average Bonchev–Trinajstić information content (AvgIpc) is 3.22. The number of anilines is 1. The van der Waals surface area contributed by atoms with E-state index in [4.69, 9.17) is 16.3 Å². The van der Waals surface area contributed by atoms with Crippen molar-refractivity contribution in [3.8, 4) is 17.0 Å². The van der Waals surface area contributed by atoms with Crippen LogP contribution in [0.15, 0.2) is 53.9 Å². The number of amides is 1. The summed E-state index contributed by atoms with van der Waals surface area (Å²) in [4.78, 5) is 17.0. The minimum absolute atomic E-state index is 0.100. The van der Waals surface area contributed by atoms with Gasteiger partial charge in [-0.05, 0) is 18.2 Å². The first-order valence-corrected chi connectivity index (χ1v) is 8.70. The molecule has 24 heavy (non-hydrogen) atoms. The molecule has 1 aromatic heterocycles.